The summed E-state index contributed by atoms with van der Waals surface area (Å²) in [5.74, 6) is 0. The Hall–Kier alpha value is -2.70. The number of hydrogen-bond donors (Lipinski definition) is 2. The van der Waals surface area contributed by atoms with Gasteiger partial charge in [-0.15, -0.1) is 4.48 Å². The van der Waals surface area contributed by atoms with Crippen LogP contribution < -0.4 is 0 Å². The highest BCUT2D eigenvalue weighted by Gasteiger charge is 2.63. The maximum Gasteiger partial charge on any atom is 0.527 e. The molecule has 6 heteroatoms. The number of hydrogen-bond acceptors (Lipinski definition) is 4. The van der Waals surface area contributed by atoms with E-state index >= 15 is 0 Å². The van der Waals surface area contributed by atoms with Crippen LogP contribution in [0.25, 0.3) is 0 Å². The highest BCUT2D eigenvalue weighted by Crippen LogP contribution is 2.38. The number of benzene rings is 2. The molecular weight excluding hydrogens is 370 g/mol. The molecule has 2 N–H and O–H groups in total. The van der Waals surface area contributed by atoms with Gasteiger partial charge in [0.25, 0.3) is 0 Å². The lowest BCUT2D eigenvalue weighted by atomic mass is 9.93. The zero-order valence-electron chi connectivity index (χ0n) is 16.7. The molecule has 29 heavy (non-hydrogen) atoms. The number of likely N-dealkylation sites (tertiary alicyclic amines) is 1. The van der Waals surface area contributed by atoms with Crippen LogP contribution in [0.5, 0.6) is 0 Å². The number of rotatable bonds is 6. The number of aliphatic hydroxyl groups is 1. The summed E-state index contributed by atoms with van der Waals surface area (Å²) in [5.41, 5.74) is 0.746. The van der Waals surface area contributed by atoms with Gasteiger partial charge >= 0.3 is 12.2 Å². The van der Waals surface area contributed by atoms with Gasteiger partial charge in [0, 0.05) is 6.42 Å². The third kappa shape index (κ3) is 4.66. The topological polar surface area (TPSA) is 83.8 Å². The van der Waals surface area contributed by atoms with Gasteiger partial charge in [0.15, 0.2) is 0 Å². The second-order valence-electron chi connectivity index (χ2n) is 7.97. The van der Waals surface area contributed by atoms with E-state index < -0.39 is 28.3 Å². The molecule has 2 amide bonds. The van der Waals surface area contributed by atoms with E-state index in [0.29, 0.717) is 12.8 Å². The predicted molar refractivity (Wildman–Crippen MR) is 108 cm³/mol. The monoisotopic (exact) mass is 398 g/mol. The molecule has 0 aliphatic carbocycles. The number of ether oxygens (including phenoxy) is 1. The predicted octanol–water partition coefficient (Wildman–Crippen LogP) is 4.36. The van der Waals surface area contributed by atoms with Gasteiger partial charge < -0.3 is 14.9 Å². The Morgan fingerprint density at radius 3 is 2.24 bits per heavy atom. The van der Waals surface area contributed by atoms with Crippen molar-refractivity contribution in [3.05, 3.63) is 71.8 Å². The number of amides is 2. The van der Waals surface area contributed by atoms with Gasteiger partial charge in [-0.1, -0.05) is 60.7 Å². The minimum atomic E-state index is -1.28. The van der Waals surface area contributed by atoms with Gasteiger partial charge in [-0.2, -0.15) is 9.59 Å². The van der Waals surface area contributed by atoms with E-state index in [2.05, 4.69) is 0 Å². The van der Waals surface area contributed by atoms with Gasteiger partial charge in [-0.05, 0) is 37.3 Å². The lowest BCUT2D eigenvalue weighted by Crippen LogP contribution is -2.60. The largest absolute Gasteiger partial charge is 0.527 e. The molecule has 1 saturated heterocycles. The average Bonchev–Trinajstić information content (AvgIpc) is 2.99. The first kappa shape index (κ1) is 21.0. The first-order valence-electron chi connectivity index (χ1n) is 9.94. The Morgan fingerprint density at radius 2 is 1.66 bits per heavy atom. The van der Waals surface area contributed by atoms with Crippen LogP contribution in [0.3, 0.4) is 0 Å². The number of quaternary nitrogens is 1. The van der Waals surface area contributed by atoms with Gasteiger partial charge in [0.1, 0.15) is 24.8 Å². The second-order valence-corrected chi connectivity index (χ2v) is 7.97. The minimum Gasteiger partial charge on any atom is -0.435 e. The summed E-state index contributed by atoms with van der Waals surface area (Å²) in [6.45, 7) is 1.52. The number of aryl methyl sites for hydroxylation is 1. The molecule has 1 aliphatic rings. The summed E-state index contributed by atoms with van der Waals surface area (Å²) < 4.78 is 4.46. The Kier molecular flexibility index (Phi) is 6.35. The molecule has 1 fully saturated rings. The lowest BCUT2D eigenvalue weighted by molar-refractivity contribution is -0.799. The molecule has 2 aromatic carbocycles. The molecule has 0 spiro atoms. The van der Waals surface area contributed by atoms with Crippen LogP contribution in [0.15, 0.2) is 60.7 Å². The van der Waals surface area contributed by atoms with Gasteiger partial charge in [-0.25, -0.2) is 0 Å². The molecule has 0 saturated carbocycles. The first-order valence-corrected chi connectivity index (χ1v) is 9.94. The van der Waals surface area contributed by atoms with Crippen molar-refractivity contribution >= 4 is 12.2 Å². The van der Waals surface area contributed by atoms with Gasteiger partial charge in [0.05, 0.1) is 0 Å². The van der Waals surface area contributed by atoms with Gasteiger partial charge in [-0.3, -0.25) is 0 Å². The van der Waals surface area contributed by atoms with Crippen molar-refractivity contribution in [1.82, 2.24) is 0 Å². The SMILES string of the molecule is C[C@@H]1CC(O)(CCCc2ccccc2)C[N+]1(C(=O)O)C(=O)OCc1ccccc1. The number of carboxylic acid groups (broad SMARTS) is 1. The third-order valence-corrected chi connectivity index (χ3v) is 5.79. The fourth-order valence-electron chi connectivity index (χ4n) is 4.25. The normalized spacial score (nSPS) is 26.2. The highest BCUT2D eigenvalue weighted by molar-refractivity contribution is 5.76. The molecule has 6 nitrogen and oxygen atoms in total. The number of imide groups is 1. The minimum absolute atomic E-state index is 0.00606. The third-order valence-electron chi connectivity index (χ3n) is 5.79. The van der Waals surface area contributed by atoms with Crippen molar-refractivity contribution in [3.63, 3.8) is 0 Å². The van der Waals surface area contributed by atoms with Gasteiger partial charge in [0.2, 0.25) is 0 Å². The summed E-state index contributed by atoms with van der Waals surface area (Å²) in [4.78, 5) is 25.0. The molecule has 3 atom stereocenters. The van der Waals surface area contributed by atoms with Crippen LogP contribution in [0.1, 0.15) is 37.3 Å². The van der Waals surface area contributed by atoms with Crippen LogP contribution in [-0.4, -0.2) is 45.1 Å². The molecule has 2 aromatic rings. The fraction of sp³-hybridized carbons (Fsp3) is 0.391. The van der Waals surface area contributed by atoms with Crippen molar-refractivity contribution in [2.24, 2.45) is 0 Å². The van der Waals surface area contributed by atoms with E-state index in [9.17, 15) is 19.8 Å². The van der Waals surface area contributed by atoms with Crippen LogP contribution in [0.2, 0.25) is 0 Å². The fourth-order valence-corrected chi connectivity index (χ4v) is 4.25. The van der Waals surface area contributed by atoms with Crippen LogP contribution in [0.4, 0.5) is 9.59 Å². The zero-order chi connectivity index (χ0) is 20.9. The first-order chi connectivity index (χ1) is 13.9. The Morgan fingerprint density at radius 1 is 1.07 bits per heavy atom. The van der Waals surface area contributed by atoms with E-state index in [0.717, 1.165) is 12.0 Å². The van der Waals surface area contributed by atoms with E-state index in [4.69, 9.17) is 4.74 Å². The summed E-state index contributed by atoms with van der Waals surface area (Å²) >= 11 is 0. The molecule has 2 unspecified atom stereocenters. The molecule has 0 bridgehead atoms. The molecular formula is C23H28NO5+. The second kappa shape index (κ2) is 8.76. The Labute approximate surface area is 170 Å². The maximum atomic E-state index is 12.8. The van der Waals surface area contributed by atoms with Crippen LogP contribution in [0, 0.1) is 0 Å². The molecule has 1 aliphatic heterocycles. The standard InChI is InChI=1S/C23H27NO5/c1-18-15-23(28,14-8-13-19-9-4-2-5-10-19)17-24(18,21(25)26)22(27)29-16-20-11-6-3-7-12-20/h2-7,9-12,18,28H,8,13-17H2,1H3/p+1/t18-,23?,24?/m1/s1. The smallest absolute Gasteiger partial charge is 0.435 e. The van der Waals surface area contributed by atoms with Crippen LogP contribution in [-0.2, 0) is 17.8 Å². The summed E-state index contributed by atoms with van der Waals surface area (Å²) in [7, 11) is 0. The molecule has 154 valence electrons. The molecule has 3 rings (SSSR count). The quantitative estimate of drug-likeness (QED) is 0.706. The number of carbonyl (C=O) groups is 2. The maximum absolute atomic E-state index is 12.8. The zero-order valence-corrected chi connectivity index (χ0v) is 16.7. The van der Waals surface area contributed by atoms with Crippen molar-refractivity contribution in [2.45, 2.75) is 50.9 Å². The van der Waals surface area contributed by atoms with E-state index in [1.165, 1.54) is 5.56 Å². The van der Waals surface area contributed by atoms with Crippen molar-refractivity contribution in [3.8, 4) is 0 Å². The van der Waals surface area contributed by atoms with Crippen molar-refractivity contribution < 1.29 is 29.0 Å². The van der Waals surface area contributed by atoms with E-state index in [-0.39, 0.29) is 19.6 Å². The molecule has 0 radical (unpaired) electrons. The summed E-state index contributed by atoms with van der Waals surface area (Å²) in [6.07, 6.45) is 0.0806. The lowest BCUT2D eigenvalue weighted by Gasteiger charge is -2.29. The Bertz CT molecular complexity index is 841. The average molecular weight is 398 g/mol. The highest BCUT2D eigenvalue weighted by atomic mass is 16.6. The number of nitrogens with zero attached hydrogens (tertiary/aromatic N) is 1. The Balaban J connectivity index is 1.66. The van der Waals surface area contributed by atoms with Crippen molar-refractivity contribution in [2.75, 3.05) is 6.54 Å². The molecule has 1 heterocycles. The molecule has 0 aromatic heterocycles. The van der Waals surface area contributed by atoms with Crippen LogP contribution >= 0.6 is 0 Å². The summed E-state index contributed by atoms with van der Waals surface area (Å²) in [5, 5.41) is 21.0. The summed E-state index contributed by atoms with van der Waals surface area (Å²) in [6, 6.07) is 18.5. The van der Waals surface area contributed by atoms with E-state index in [1.807, 2.05) is 60.7 Å². The number of carbonyl (C=O) groups excluding carboxylic acids is 1. The van der Waals surface area contributed by atoms with Crippen molar-refractivity contribution in [1.29, 1.82) is 0 Å². The van der Waals surface area contributed by atoms with E-state index in [1.54, 1.807) is 6.92 Å².